The predicted octanol–water partition coefficient (Wildman–Crippen LogP) is 7.61. The summed E-state index contributed by atoms with van der Waals surface area (Å²) in [6, 6.07) is 17.4. The molecular formula is C32H31F6N5O6S3. The van der Waals surface area contributed by atoms with E-state index in [0.29, 0.717) is 22.4 Å². The molecular weight excluding hydrogens is 761 g/mol. The third-order valence-corrected chi connectivity index (χ3v) is 11.8. The van der Waals surface area contributed by atoms with Gasteiger partial charge in [0.2, 0.25) is 0 Å². The van der Waals surface area contributed by atoms with Gasteiger partial charge in [0.25, 0.3) is 10.0 Å². The molecule has 1 atom stereocenters. The molecule has 1 aliphatic heterocycles. The number of carboxylic acid groups (broad SMARTS) is 2. The molecule has 4 aromatic heterocycles. The van der Waals surface area contributed by atoms with Gasteiger partial charge in [-0.05, 0) is 62.0 Å². The highest BCUT2D eigenvalue weighted by molar-refractivity contribution is 7.94. The minimum Gasteiger partial charge on any atom is -0.475 e. The van der Waals surface area contributed by atoms with Gasteiger partial charge in [-0.1, -0.05) is 24.3 Å². The summed E-state index contributed by atoms with van der Waals surface area (Å²) in [4.78, 5) is 34.3. The number of anilines is 1. The molecule has 11 nitrogen and oxygen atoms in total. The van der Waals surface area contributed by atoms with Crippen LogP contribution in [0.2, 0.25) is 0 Å². The number of aliphatic carboxylic acids is 2. The number of halogens is 6. The molecule has 0 aliphatic carbocycles. The van der Waals surface area contributed by atoms with E-state index in [2.05, 4.69) is 33.1 Å². The van der Waals surface area contributed by atoms with Crippen molar-refractivity contribution in [3.05, 3.63) is 82.9 Å². The standard InChI is InChI=1S/C28H29N5O2S3.2C2HF3O2/c1-2-33(38(34,35)26-12-7-15-36-26)25-11-5-8-20-16-24(31-27(20)25)28-30-17-22(37-28)19-32-14-6-9-21(18-32)23-10-3-4-13-29-23;2*3-2(4,5)1(6)7/h3-5,7-8,10-13,15-17,21,31H,2,6,9,14,18-19H2,1H3;2*(H,6,7). The van der Waals surface area contributed by atoms with Gasteiger partial charge in [-0.15, -0.1) is 22.7 Å². The van der Waals surface area contributed by atoms with Crippen LogP contribution in [0.5, 0.6) is 0 Å². The number of hydrogen-bond donors (Lipinski definition) is 3. The van der Waals surface area contributed by atoms with E-state index in [1.807, 2.05) is 43.6 Å². The van der Waals surface area contributed by atoms with Crippen molar-refractivity contribution in [3.8, 4) is 10.7 Å². The summed E-state index contributed by atoms with van der Waals surface area (Å²) in [5, 5.41) is 17.9. The van der Waals surface area contributed by atoms with Crippen molar-refractivity contribution in [1.29, 1.82) is 0 Å². The fraction of sp³-hybridized carbons (Fsp3) is 0.312. The van der Waals surface area contributed by atoms with Crippen LogP contribution >= 0.6 is 22.7 Å². The van der Waals surface area contributed by atoms with E-state index in [1.54, 1.807) is 28.8 Å². The second-order valence-corrected chi connectivity index (χ2v) is 15.2. The molecule has 1 saturated heterocycles. The number of aromatic nitrogens is 3. The fourth-order valence-electron chi connectivity index (χ4n) is 5.24. The second-order valence-electron chi connectivity index (χ2n) is 11.1. The number of nitrogens with one attached hydrogen (secondary N) is 1. The van der Waals surface area contributed by atoms with Crippen molar-refractivity contribution in [2.45, 2.75) is 48.8 Å². The smallest absolute Gasteiger partial charge is 0.475 e. The van der Waals surface area contributed by atoms with E-state index < -0.39 is 34.3 Å². The van der Waals surface area contributed by atoms with Crippen molar-refractivity contribution in [1.82, 2.24) is 19.9 Å². The van der Waals surface area contributed by atoms with Gasteiger partial charge in [-0.3, -0.25) is 14.2 Å². The third-order valence-electron chi connectivity index (χ3n) is 7.49. The van der Waals surface area contributed by atoms with Crippen LogP contribution in [-0.4, -0.2) is 82.4 Å². The zero-order valence-electron chi connectivity index (χ0n) is 27.1. The molecule has 1 aromatic carbocycles. The maximum Gasteiger partial charge on any atom is 0.490 e. The number of H-pyrrole nitrogens is 1. The van der Waals surface area contributed by atoms with Crippen LogP contribution < -0.4 is 4.31 Å². The number of carboxylic acids is 2. The minimum atomic E-state index is -5.08. The van der Waals surface area contributed by atoms with Crippen LogP contribution in [0, 0.1) is 0 Å². The fourth-order valence-corrected chi connectivity index (χ4v) is 8.75. The Labute approximate surface area is 301 Å². The van der Waals surface area contributed by atoms with Crippen molar-refractivity contribution in [2.75, 3.05) is 23.9 Å². The average molecular weight is 792 g/mol. The third kappa shape index (κ3) is 10.3. The first-order valence-corrected chi connectivity index (χ1v) is 18.4. The Morgan fingerprint density at radius 1 is 1.00 bits per heavy atom. The Kier molecular flexibility index (Phi) is 13.1. The number of nitrogens with zero attached hydrogens (tertiary/aromatic N) is 4. The number of thiophene rings is 1. The molecule has 0 spiro atoms. The van der Waals surface area contributed by atoms with Crippen LogP contribution in [0.1, 0.15) is 36.3 Å². The number of piperidine rings is 1. The number of rotatable bonds is 8. The van der Waals surface area contributed by atoms with Crippen LogP contribution in [0.15, 0.2) is 76.6 Å². The number of alkyl halides is 6. The topological polar surface area (TPSA) is 157 Å². The highest BCUT2D eigenvalue weighted by Gasteiger charge is 2.39. The van der Waals surface area contributed by atoms with Gasteiger partial charge in [0.05, 0.1) is 16.9 Å². The zero-order chi connectivity index (χ0) is 38.3. The van der Waals surface area contributed by atoms with E-state index in [9.17, 15) is 34.8 Å². The molecule has 0 bridgehead atoms. The lowest BCUT2D eigenvalue weighted by Gasteiger charge is -2.32. The Bertz CT molecular complexity index is 2030. The Morgan fingerprint density at radius 2 is 1.69 bits per heavy atom. The molecule has 5 heterocycles. The van der Waals surface area contributed by atoms with Crippen LogP contribution in [-0.2, 0) is 26.2 Å². The summed E-state index contributed by atoms with van der Waals surface area (Å²) in [7, 11) is -3.64. The van der Waals surface area contributed by atoms with E-state index in [1.165, 1.54) is 39.1 Å². The summed E-state index contributed by atoms with van der Waals surface area (Å²) < 4.78 is 92.0. The first kappa shape index (κ1) is 40.2. The number of fused-ring (bicyclic) bond motifs is 1. The maximum absolute atomic E-state index is 13.4. The average Bonchev–Trinajstić information content (AvgIpc) is 3.87. The van der Waals surface area contributed by atoms with Gasteiger partial charge in [-0.25, -0.2) is 23.0 Å². The van der Waals surface area contributed by atoms with Crippen molar-refractivity contribution in [2.24, 2.45) is 0 Å². The summed E-state index contributed by atoms with van der Waals surface area (Å²) in [6.07, 6.45) is -3.97. The lowest BCUT2D eigenvalue weighted by Crippen LogP contribution is -2.33. The lowest BCUT2D eigenvalue weighted by atomic mass is 9.94. The van der Waals surface area contributed by atoms with Gasteiger partial charge in [0.15, 0.2) is 0 Å². The second kappa shape index (κ2) is 16.9. The Hall–Kier alpha value is -4.53. The first-order valence-electron chi connectivity index (χ1n) is 15.3. The van der Waals surface area contributed by atoms with E-state index >= 15 is 0 Å². The van der Waals surface area contributed by atoms with Crippen LogP contribution in [0.4, 0.5) is 32.0 Å². The van der Waals surface area contributed by atoms with Gasteiger partial charge in [-0.2, -0.15) is 26.3 Å². The Balaban J connectivity index is 0.000000367. The number of benzene rings is 1. The normalized spacial score (nSPS) is 15.2. The van der Waals surface area contributed by atoms with Gasteiger partial charge in [0, 0.05) is 53.9 Å². The molecule has 1 unspecified atom stereocenters. The summed E-state index contributed by atoms with van der Waals surface area (Å²) in [5.41, 5.74) is 3.53. The number of aromatic amines is 1. The number of thiazole rings is 1. The number of sulfonamides is 1. The molecule has 280 valence electrons. The van der Waals surface area contributed by atoms with E-state index in [0.717, 1.165) is 41.2 Å². The molecule has 20 heteroatoms. The molecule has 0 saturated carbocycles. The molecule has 6 rings (SSSR count). The van der Waals surface area contributed by atoms with Gasteiger partial charge >= 0.3 is 24.3 Å². The molecule has 1 fully saturated rings. The van der Waals surface area contributed by atoms with Crippen molar-refractivity contribution >= 4 is 61.2 Å². The van der Waals surface area contributed by atoms with Gasteiger partial charge < -0.3 is 15.2 Å². The summed E-state index contributed by atoms with van der Waals surface area (Å²) in [5.74, 6) is -5.04. The number of hydrogen-bond acceptors (Lipinski definition) is 9. The first-order chi connectivity index (χ1) is 24.4. The lowest BCUT2D eigenvalue weighted by molar-refractivity contribution is -0.193. The number of carbonyl (C=O) groups is 2. The monoisotopic (exact) mass is 791 g/mol. The molecule has 0 radical (unpaired) electrons. The summed E-state index contributed by atoms with van der Waals surface area (Å²) in [6.45, 7) is 5.16. The van der Waals surface area contributed by atoms with E-state index in [4.69, 9.17) is 24.8 Å². The molecule has 3 N–H and O–H groups in total. The number of pyridine rings is 1. The quantitative estimate of drug-likeness (QED) is 0.135. The molecule has 0 amide bonds. The Morgan fingerprint density at radius 3 is 2.27 bits per heavy atom. The van der Waals surface area contributed by atoms with Crippen molar-refractivity contribution < 1.29 is 54.6 Å². The largest absolute Gasteiger partial charge is 0.490 e. The predicted molar refractivity (Wildman–Crippen MR) is 183 cm³/mol. The SMILES string of the molecule is CCN(c1cccc2cc(-c3ncc(CN4CCCC(c5ccccn5)C4)s3)[nH]c12)S(=O)(=O)c1cccs1.O=C(O)C(F)(F)F.O=C(O)C(F)(F)F. The zero-order valence-corrected chi connectivity index (χ0v) is 29.5. The molecule has 1 aliphatic rings. The molecule has 5 aromatic rings. The summed E-state index contributed by atoms with van der Waals surface area (Å²) >= 11 is 2.92. The number of para-hydroxylation sites is 1. The van der Waals surface area contributed by atoms with Crippen LogP contribution in [0.25, 0.3) is 21.6 Å². The highest BCUT2D eigenvalue weighted by atomic mass is 32.2. The highest BCUT2D eigenvalue weighted by Crippen LogP contribution is 2.36. The van der Waals surface area contributed by atoms with E-state index in [-0.39, 0.29) is 0 Å². The van der Waals surface area contributed by atoms with Gasteiger partial charge in [0.1, 0.15) is 9.22 Å². The minimum absolute atomic E-state index is 0.338. The molecule has 52 heavy (non-hydrogen) atoms. The number of likely N-dealkylation sites (tertiary alicyclic amines) is 1. The van der Waals surface area contributed by atoms with Crippen LogP contribution in [0.3, 0.4) is 0 Å². The maximum atomic E-state index is 13.4. The van der Waals surface area contributed by atoms with Crippen molar-refractivity contribution in [3.63, 3.8) is 0 Å².